The molecule has 0 spiro atoms. The van der Waals surface area contributed by atoms with Gasteiger partial charge in [-0.25, -0.2) is 0 Å². The van der Waals surface area contributed by atoms with Crippen LogP contribution >= 0.6 is 0 Å². The fourth-order valence-corrected chi connectivity index (χ4v) is 2.74. The third-order valence-corrected chi connectivity index (χ3v) is 4.12. The summed E-state index contributed by atoms with van der Waals surface area (Å²) >= 11 is 0. The number of nitrogens with one attached hydrogen (secondary N) is 1. The maximum atomic E-state index is 12.8. The van der Waals surface area contributed by atoms with Gasteiger partial charge in [-0.2, -0.15) is 13.2 Å². The maximum Gasteiger partial charge on any atom is 0.400 e. The molecular formula is C13H24F3N3O. The van der Waals surface area contributed by atoms with Gasteiger partial charge in [0.05, 0.1) is 0 Å². The fraction of sp³-hybridized carbons (Fsp3) is 0.923. The summed E-state index contributed by atoms with van der Waals surface area (Å²) in [6.45, 7) is 1.56. The number of amidine groups is 1. The predicted molar refractivity (Wildman–Crippen MR) is 71.6 cm³/mol. The maximum absolute atomic E-state index is 12.8. The van der Waals surface area contributed by atoms with Crippen molar-refractivity contribution in [1.29, 1.82) is 0 Å². The highest BCUT2D eigenvalue weighted by Crippen LogP contribution is 2.28. The highest BCUT2D eigenvalue weighted by Gasteiger charge is 2.42. The molecule has 0 radical (unpaired) electrons. The molecule has 1 rings (SSSR count). The van der Waals surface area contributed by atoms with Gasteiger partial charge in [0.25, 0.3) is 0 Å². The van der Waals surface area contributed by atoms with Crippen LogP contribution in [0.3, 0.4) is 0 Å². The van der Waals surface area contributed by atoms with Crippen LogP contribution in [-0.4, -0.2) is 29.8 Å². The van der Waals surface area contributed by atoms with Gasteiger partial charge in [-0.3, -0.25) is 0 Å². The van der Waals surface area contributed by atoms with Crippen LogP contribution in [0.4, 0.5) is 13.2 Å². The second-order valence-electron chi connectivity index (χ2n) is 5.57. The first-order valence-electron chi connectivity index (χ1n) is 7.13. The normalized spacial score (nSPS) is 22.3. The lowest BCUT2D eigenvalue weighted by atomic mass is 9.92. The van der Waals surface area contributed by atoms with E-state index in [0.29, 0.717) is 5.92 Å². The van der Waals surface area contributed by atoms with E-state index in [1.54, 1.807) is 0 Å². The Balaban J connectivity index is 2.53. The number of alkyl halides is 3. The molecule has 0 aromatic rings. The van der Waals surface area contributed by atoms with E-state index >= 15 is 0 Å². The van der Waals surface area contributed by atoms with Crippen molar-refractivity contribution in [2.75, 3.05) is 6.54 Å². The molecule has 2 atom stereocenters. The second-order valence-corrected chi connectivity index (χ2v) is 5.57. The third kappa shape index (κ3) is 5.19. The SMILES string of the molecule is C[C@H](NCC(C(N)=NO)C(F)(F)F)C1CCCCCC1. The summed E-state index contributed by atoms with van der Waals surface area (Å²) in [6.07, 6.45) is 2.28. The van der Waals surface area contributed by atoms with Gasteiger partial charge in [0.1, 0.15) is 5.92 Å². The first-order valence-corrected chi connectivity index (χ1v) is 7.13. The molecule has 0 aliphatic heterocycles. The minimum atomic E-state index is -4.51. The standard InChI is InChI=1S/C13H24F3N3O/c1-9(10-6-4-2-3-5-7-10)18-8-11(12(17)19-20)13(14,15)16/h9-11,18,20H,2-8H2,1H3,(H2,17,19)/t9-,11?/m0/s1. The molecule has 0 aromatic heterocycles. The van der Waals surface area contributed by atoms with Crippen LogP contribution in [0.1, 0.15) is 45.4 Å². The van der Waals surface area contributed by atoms with Crippen molar-refractivity contribution in [2.45, 2.75) is 57.7 Å². The fourth-order valence-electron chi connectivity index (χ4n) is 2.74. The molecule has 1 aliphatic carbocycles. The van der Waals surface area contributed by atoms with Crippen LogP contribution in [0.5, 0.6) is 0 Å². The van der Waals surface area contributed by atoms with Crippen molar-refractivity contribution in [2.24, 2.45) is 22.7 Å². The molecule has 0 heterocycles. The first kappa shape index (κ1) is 17.1. The minimum Gasteiger partial charge on any atom is -0.409 e. The zero-order chi connectivity index (χ0) is 15.2. The van der Waals surface area contributed by atoms with Gasteiger partial charge in [0.15, 0.2) is 5.84 Å². The molecule has 20 heavy (non-hydrogen) atoms. The smallest absolute Gasteiger partial charge is 0.400 e. The van der Waals surface area contributed by atoms with Gasteiger partial charge in [-0.15, -0.1) is 0 Å². The van der Waals surface area contributed by atoms with E-state index in [9.17, 15) is 13.2 Å². The van der Waals surface area contributed by atoms with E-state index in [1.165, 1.54) is 12.8 Å². The molecule has 118 valence electrons. The van der Waals surface area contributed by atoms with Crippen LogP contribution in [0.15, 0.2) is 5.16 Å². The van der Waals surface area contributed by atoms with E-state index < -0.39 is 17.9 Å². The number of hydrogen-bond donors (Lipinski definition) is 3. The largest absolute Gasteiger partial charge is 0.409 e. The van der Waals surface area contributed by atoms with Gasteiger partial charge in [0.2, 0.25) is 0 Å². The summed E-state index contributed by atoms with van der Waals surface area (Å²) < 4.78 is 38.4. The van der Waals surface area contributed by atoms with E-state index in [-0.39, 0.29) is 12.6 Å². The van der Waals surface area contributed by atoms with Gasteiger partial charge < -0.3 is 16.3 Å². The van der Waals surface area contributed by atoms with Crippen LogP contribution in [-0.2, 0) is 0 Å². The Morgan fingerprint density at radius 3 is 2.30 bits per heavy atom. The van der Waals surface area contributed by atoms with Crippen LogP contribution in [0.25, 0.3) is 0 Å². The topological polar surface area (TPSA) is 70.6 Å². The number of rotatable bonds is 5. The van der Waals surface area contributed by atoms with Gasteiger partial charge in [-0.1, -0.05) is 30.8 Å². The summed E-state index contributed by atoms with van der Waals surface area (Å²) in [5.74, 6) is -2.34. The van der Waals surface area contributed by atoms with Crippen LogP contribution in [0.2, 0.25) is 0 Å². The minimum absolute atomic E-state index is 0.00411. The zero-order valence-electron chi connectivity index (χ0n) is 11.8. The monoisotopic (exact) mass is 295 g/mol. The number of nitrogens with two attached hydrogens (primary N) is 1. The summed E-state index contributed by atoms with van der Waals surface area (Å²) in [5.41, 5.74) is 5.13. The highest BCUT2D eigenvalue weighted by molar-refractivity contribution is 5.83. The van der Waals surface area contributed by atoms with Gasteiger partial charge >= 0.3 is 6.18 Å². The quantitative estimate of drug-likeness (QED) is 0.240. The molecule has 4 N–H and O–H groups in total. The Bertz CT molecular complexity index is 312. The van der Waals surface area contributed by atoms with Crippen LogP contribution < -0.4 is 11.1 Å². The van der Waals surface area contributed by atoms with Crippen molar-refractivity contribution in [3.05, 3.63) is 0 Å². The number of hydrogen-bond acceptors (Lipinski definition) is 3. The number of oxime groups is 1. The molecule has 1 saturated carbocycles. The Morgan fingerprint density at radius 1 is 1.30 bits per heavy atom. The molecule has 0 aromatic carbocycles. The van der Waals surface area contributed by atoms with Crippen molar-refractivity contribution < 1.29 is 18.4 Å². The number of halogens is 3. The highest BCUT2D eigenvalue weighted by atomic mass is 19.4. The van der Waals surface area contributed by atoms with Gasteiger partial charge in [0, 0.05) is 12.6 Å². The molecule has 0 bridgehead atoms. The lowest BCUT2D eigenvalue weighted by Crippen LogP contribution is -2.46. The van der Waals surface area contributed by atoms with Crippen LogP contribution in [0, 0.1) is 11.8 Å². The van der Waals surface area contributed by atoms with Crippen molar-refractivity contribution in [3.63, 3.8) is 0 Å². The molecule has 7 heteroatoms. The predicted octanol–water partition coefficient (Wildman–Crippen LogP) is 2.86. The summed E-state index contributed by atoms with van der Waals surface area (Å²) in [5, 5.41) is 13.9. The second kappa shape index (κ2) is 7.71. The zero-order valence-corrected chi connectivity index (χ0v) is 11.8. The summed E-state index contributed by atoms with van der Waals surface area (Å²) in [6, 6.07) is 0.00411. The average molecular weight is 295 g/mol. The Morgan fingerprint density at radius 2 is 1.85 bits per heavy atom. The summed E-state index contributed by atoms with van der Waals surface area (Å²) in [7, 11) is 0. The van der Waals surface area contributed by atoms with E-state index in [0.717, 1.165) is 25.7 Å². The van der Waals surface area contributed by atoms with Crippen molar-refractivity contribution in [1.82, 2.24) is 5.32 Å². The molecular weight excluding hydrogens is 271 g/mol. The molecule has 1 unspecified atom stereocenters. The number of nitrogens with zero attached hydrogens (tertiary/aromatic N) is 1. The molecule has 0 saturated heterocycles. The lowest BCUT2D eigenvalue weighted by molar-refractivity contribution is -0.155. The van der Waals surface area contributed by atoms with E-state index in [4.69, 9.17) is 10.9 Å². The van der Waals surface area contributed by atoms with Crippen molar-refractivity contribution in [3.8, 4) is 0 Å². The summed E-state index contributed by atoms with van der Waals surface area (Å²) in [4.78, 5) is 0. The Kier molecular flexibility index (Phi) is 6.58. The van der Waals surface area contributed by atoms with Gasteiger partial charge in [-0.05, 0) is 25.7 Å². The molecule has 1 aliphatic rings. The molecule has 4 nitrogen and oxygen atoms in total. The third-order valence-electron chi connectivity index (χ3n) is 4.12. The Hall–Kier alpha value is -0.980. The molecule has 0 amide bonds. The van der Waals surface area contributed by atoms with E-state index in [2.05, 4.69) is 10.5 Å². The van der Waals surface area contributed by atoms with E-state index in [1.807, 2.05) is 6.92 Å². The average Bonchev–Trinajstić information content (AvgIpc) is 2.65. The Labute approximate surface area is 117 Å². The molecule has 1 fully saturated rings. The van der Waals surface area contributed by atoms with Crippen molar-refractivity contribution >= 4 is 5.84 Å². The lowest BCUT2D eigenvalue weighted by Gasteiger charge is -2.26. The first-order chi connectivity index (χ1) is 9.36.